The number of likely N-dealkylation sites (N-methyl/N-ethyl adjacent to an activating group) is 1. The number of pyridine rings is 2. The lowest BCUT2D eigenvalue weighted by molar-refractivity contribution is -0.136. The van der Waals surface area contributed by atoms with E-state index in [1.165, 1.54) is 12.1 Å². The molecule has 3 atom stereocenters. The molecular formula is C36H38N12O6. The summed E-state index contributed by atoms with van der Waals surface area (Å²) in [7, 11) is 1.65. The summed E-state index contributed by atoms with van der Waals surface area (Å²) in [6, 6.07) is 17.2. The molecule has 0 aliphatic heterocycles. The Kier molecular flexibility index (Phi) is 11.2. The molecule has 6 rings (SSSR count). The number of nitrogens with two attached hydrogens (primary N) is 3. The fourth-order valence-corrected chi connectivity index (χ4v) is 5.12. The van der Waals surface area contributed by atoms with E-state index in [1.54, 1.807) is 68.6 Å². The second-order valence-corrected chi connectivity index (χ2v) is 12.7. The predicted molar refractivity (Wildman–Crippen MR) is 198 cm³/mol. The SMILES string of the molecule is CNCC(=O)Nc1ccc(N=Nc2ccccc2OC(=O)C2C[C@H]2c2ccc(OC(=O)C3CC3)c(N=Nc3ccc(NC(=O)[C@H](C)N)nc3N)c2)c(N)n1. The second-order valence-electron chi connectivity index (χ2n) is 12.7. The van der Waals surface area contributed by atoms with E-state index < -0.39 is 23.8 Å². The fourth-order valence-electron chi connectivity index (χ4n) is 5.12. The van der Waals surface area contributed by atoms with Gasteiger partial charge in [0.05, 0.1) is 24.4 Å². The highest BCUT2D eigenvalue weighted by Crippen LogP contribution is 2.50. The Morgan fingerprint density at radius 3 is 2.00 bits per heavy atom. The number of carbonyl (C=O) groups is 4. The van der Waals surface area contributed by atoms with Crippen molar-refractivity contribution in [1.82, 2.24) is 15.3 Å². The number of hydrogen-bond acceptors (Lipinski definition) is 16. The van der Waals surface area contributed by atoms with Gasteiger partial charge in [-0.25, -0.2) is 9.97 Å². The first-order valence-corrected chi connectivity index (χ1v) is 17.0. The van der Waals surface area contributed by atoms with E-state index >= 15 is 0 Å². The van der Waals surface area contributed by atoms with Crippen molar-refractivity contribution in [3.63, 3.8) is 0 Å². The van der Waals surface area contributed by atoms with Crippen molar-refractivity contribution in [1.29, 1.82) is 0 Å². The average molecular weight is 735 g/mol. The van der Waals surface area contributed by atoms with Crippen LogP contribution >= 0.6 is 0 Å². The van der Waals surface area contributed by atoms with Crippen molar-refractivity contribution in [3.05, 3.63) is 72.3 Å². The number of nitrogen functional groups attached to an aromatic ring is 2. The number of azo groups is 2. The van der Waals surface area contributed by atoms with Crippen LogP contribution in [0.25, 0.3) is 0 Å². The van der Waals surface area contributed by atoms with E-state index in [4.69, 9.17) is 26.7 Å². The molecule has 0 radical (unpaired) electrons. The van der Waals surface area contributed by atoms with Crippen LogP contribution in [0.5, 0.6) is 11.5 Å². The van der Waals surface area contributed by atoms with Crippen molar-refractivity contribution in [2.75, 3.05) is 35.7 Å². The maximum absolute atomic E-state index is 13.3. The predicted octanol–water partition coefficient (Wildman–Crippen LogP) is 4.94. The molecule has 0 bridgehead atoms. The summed E-state index contributed by atoms with van der Waals surface area (Å²) >= 11 is 0. The van der Waals surface area contributed by atoms with E-state index in [0.717, 1.165) is 18.4 Å². The summed E-state index contributed by atoms with van der Waals surface area (Å²) in [5, 5.41) is 24.9. The van der Waals surface area contributed by atoms with E-state index in [0.29, 0.717) is 6.42 Å². The molecule has 1 unspecified atom stereocenters. The van der Waals surface area contributed by atoms with E-state index in [2.05, 4.69) is 46.4 Å². The number of benzene rings is 2. The van der Waals surface area contributed by atoms with Crippen molar-refractivity contribution in [2.45, 2.75) is 38.1 Å². The molecule has 2 amide bonds. The summed E-state index contributed by atoms with van der Waals surface area (Å²) in [6.07, 6.45) is 2.02. The number of para-hydroxylation sites is 1. The number of amides is 2. The van der Waals surface area contributed by atoms with Crippen molar-refractivity contribution >= 4 is 69.8 Å². The molecule has 2 fully saturated rings. The Hall–Kier alpha value is -6.66. The molecule has 18 heteroatoms. The molecule has 2 aliphatic rings. The van der Waals surface area contributed by atoms with Gasteiger partial charge in [0, 0.05) is 0 Å². The van der Waals surface area contributed by atoms with Crippen LogP contribution in [0, 0.1) is 11.8 Å². The third kappa shape index (κ3) is 9.41. The number of aromatic nitrogens is 2. The Balaban J connectivity index is 1.15. The maximum Gasteiger partial charge on any atom is 0.315 e. The summed E-state index contributed by atoms with van der Waals surface area (Å²) < 4.78 is 11.4. The van der Waals surface area contributed by atoms with Crippen molar-refractivity contribution in [2.24, 2.45) is 38.0 Å². The molecule has 278 valence electrons. The van der Waals surface area contributed by atoms with Gasteiger partial charge in [-0.2, -0.15) is 0 Å². The summed E-state index contributed by atoms with van der Waals surface area (Å²) in [5.74, 6) is -1.44. The second kappa shape index (κ2) is 16.3. The van der Waals surface area contributed by atoms with Gasteiger partial charge in [0.15, 0.2) is 23.1 Å². The number of anilines is 4. The van der Waals surface area contributed by atoms with Gasteiger partial charge in [-0.05, 0) is 93.2 Å². The number of rotatable bonds is 14. The Morgan fingerprint density at radius 2 is 1.37 bits per heavy atom. The zero-order chi connectivity index (χ0) is 38.4. The van der Waals surface area contributed by atoms with Crippen LogP contribution in [0.3, 0.4) is 0 Å². The molecule has 0 spiro atoms. The minimum absolute atomic E-state index is 0.00233. The normalized spacial score (nSPS) is 16.9. The van der Waals surface area contributed by atoms with Crippen LogP contribution in [0.1, 0.15) is 37.7 Å². The highest BCUT2D eigenvalue weighted by Gasteiger charge is 2.46. The molecule has 2 heterocycles. The van der Waals surface area contributed by atoms with Crippen LogP contribution in [0.4, 0.5) is 46.0 Å². The van der Waals surface area contributed by atoms with Gasteiger partial charge >= 0.3 is 11.9 Å². The summed E-state index contributed by atoms with van der Waals surface area (Å²) in [4.78, 5) is 58.0. The molecule has 2 aliphatic carbocycles. The summed E-state index contributed by atoms with van der Waals surface area (Å²) in [5.41, 5.74) is 19.5. The van der Waals surface area contributed by atoms with Gasteiger partial charge in [-0.15, -0.1) is 20.5 Å². The van der Waals surface area contributed by atoms with Crippen LogP contribution in [0.15, 0.2) is 87.2 Å². The first kappa shape index (κ1) is 37.1. The summed E-state index contributed by atoms with van der Waals surface area (Å²) in [6.45, 7) is 1.65. The number of hydrogen-bond donors (Lipinski definition) is 6. The number of nitrogens with one attached hydrogen (secondary N) is 3. The first-order chi connectivity index (χ1) is 26.0. The number of esters is 2. The van der Waals surface area contributed by atoms with E-state index in [9.17, 15) is 19.2 Å². The maximum atomic E-state index is 13.3. The largest absolute Gasteiger partial charge is 0.424 e. The molecule has 2 aromatic heterocycles. The lowest BCUT2D eigenvalue weighted by Gasteiger charge is -2.10. The monoisotopic (exact) mass is 734 g/mol. The zero-order valence-electron chi connectivity index (χ0n) is 29.4. The fraction of sp³-hybridized carbons (Fsp3) is 0.278. The third-order valence-electron chi connectivity index (χ3n) is 8.31. The third-order valence-corrected chi connectivity index (χ3v) is 8.31. The van der Waals surface area contributed by atoms with Gasteiger partial charge in [0.2, 0.25) is 11.8 Å². The van der Waals surface area contributed by atoms with Crippen LogP contribution in [-0.4, -0.2) is 53.4 Å². The standard InChI is InChI=1S/C36H38N12O6/c1-18(37)34(50)44-30-14-11-25(33(39)43-30)47-48-26-15-20(9-12-28(26)53-35(51)19-7-8-19)21-16-22(21)36(52)54-27-6-4-3-5-23(27)45-46-24-10-13-29(42-32(24)38)41-31(49)17-40-2/h3-6,9-15,18-19,21-22,40H,7-8,16-17,37H2,1-2H3,(H3,38,41,42,49)(H3,39,43,44,50)/t18-,21-,22?/m0/s1. The van der Waals surface area contributed by atoms with Gasteiger partial charge in [-0.1, -0.05) is 18.2 Å². The smallest absolute Gasteiger partial charge is 0.315 e. The minimum Gasteiger partial charge on any atom is -0.424 e. The molecule has 54 heavy (non-hydrogen) atoms. The van der Waals surface area contributed by atoms with Gasteiger partial charge in [-0.3, -0.25) is 19.2 Å². The zero-order valence-corrected chi connectivity index (χ0v) is 29.4. The Morgan fingerprint density at radius 1 is 0.778 bits per heavy atom. The molecule has 18 nitrogen and oxygen atoms in total. The molecule has 9 N–H and O–H groups in total. The van der Waals surface area contributed by atoms with Crippen LogP contribution in [0.2, 0.25) is 0 Å². The minimum atomic E-state index is -0.739. The Labute approximate surface area is 309 Å². The number of nitrogens with zero attached hydrogens (tertiary/aromatic N) is 6. The number of ether oxygens (including phenoxy) is 2. The lowest BCUT2D eigenvalue weighted by Crippen LogP contribution is -2.32. The lowest BCUT2D eigenvalue weighted by atomic mass is 10.1. The average Bonchev–Trinajstić information content (AvgIpc) is 4.07. The van der Waals surface area contributed by atoms with Crippen LogP contribution < -0.4 is 42.6 Å². The van der Waals surface area contributed by atoms with Crippen LogP contribution in [-0.2, 0) is 19.2 Å². The quantitative estimate of drug-likeness (QED) is 0.0571. The number of carbonyl (C=O) groups excluding carboxylic acids is 4. The van der Waals surface area contributed by atoms with Gasteiger partial charge in [0.1, 0.15) is 34.4 Å². The van der Waals surface area contributed by atoms with Gasteiger partial charge < -0.3 is 42.6 Å². The molecule has 2 saturated carbocycles. The highest BCUT2D eigenvalue weighted by molar-refractivity contribution is 5.94. The molecule has 2 aromatic carbocycles. The van der Waals surface area contributed by atoms with E-state index in [1.807, 2.05) is 0 Å². The molecular weight excluding hydrogens is 696 g/mol. The first-order valence-electron chi connectivity index (χ1n) is 17.0. The van der Waals surface area contributed by atoms with Gasteiger partial charge in [0.25, 0.3) is 0 Å². The highest BCUT2D eigenvalue weighted by atomic mass is 16.5. The van der Waals surface area contributed by atoms with Crippen molar-refractivity contribution < 1.29 is 28.7 Å². The molecule has 0 saturated heterocycles. The Bertz CT molecular complexity index is 2150. The topological polar surface area (TPSA) is 276 Å². The van der Waals surface area contributed by atoms with Crippen molar-refractivity contribution in [3.8, 4) is 11.5 Å². The molecule has 4 aromatic rings. The van der Waals surface area contributed by atoms with E-state index in [-0.39, 0.29) is 87.8 Å².